The molecule has 6 rings (SSSR count). The van der Waals surface area contributed by atoms with Gasteiger partial charge in [-0.05, 0) is 105 Å². The van der Waals surface area contributed by atoms with Crippen molar-refractivity contribution >= 4 is 27.3 Å². The number of amides is 1. The molecule has 1 amide bonds. The summed E-state index contributed by atoms with van der Waals surface area (Å²) in [6.07, 6.45) is 8.12. The maximum Gasteiger partial charge on any atom is 0.247 e. The smallest absolute Gasteiger partial charge is 0.247 e. The Bertz CT molecular complexity index is 1100. The van der Waals surface area contributed by atoms with Gasteiger partial charge in [0.25, 0.3) is 0 Å². The van der Waals surface area contributed by atoms with Crippen LogP contribution in [0.2, 0.25) is 0 Å². The van der Waals surface area contributed by atoms with Gasteiger partial charge in [-0.15, -0.1) is 0 Å². The summed E-state index contributed by atoms with van der Waals surface area (Å²) in [5.74, 6) is 3.86. The van der Waals surface area contributed by atoms with Crippen LogP contribution in [0.5, 0.6) is 0 Å². The zero-order chi connectivity index (χ0) is 23.3. The van der Waals surface area contributed by atoms with E-state index in [2.05, 4.69) is 17.4 Å². The van der Waals surface area contributed by atoms with Crippen LogP contribution in [0.1, 0.15) is 56.1 Å². The lowest BCUT2D eigenvalue weighted by Crippen LogP contribution is -2.45. The normalized spacial score (nSPS) is 29.0. The van der Waals surface area contributed by atoms with E-state index in [0.717, 1.165) is 35.5 Å². The standard InChI is InChI=1S/C27H34N2O3S/c1-17-4-10-25(11-5-17)29(33(3,31)32)18(2)27(30)28-24-8-6-21(7-9-24)26-22-13-19-12-20(15-22)16-23(26)14-19/h4-11,18-20,22-23,26H,12-16H2,1-3H3,(H,28,30)/t18-,19?,20?,22?,23?,26?/m0/s1. The summed E-state index contributed by atoms with van der Waals surface area (Å²) in [4.78, 5) is 13.0. The van der Waals surface area contributed by atoms with E-state index in [1.165, 1.54) is 42.0 Å². The Kier molecular flexibility index (Phi) is 5.76. The molecule has 1 atom stereocenters. The van der Waals surface area contributed by atoms with Crippen molar-refractivity contribution in [2.45, 2.75) is 57.9 Å². The number of benzene rings is 2. The fraction of sp³-hybridized carbons (Fsp3) is 0.519. The molecule has 0 spiro atoms. The topological polar surface area (TPSA) is 66.5 Å². The Morgan fingerprint density at radius 2 is 1.45 bits per heavy atom. The second-order valence-corrected chi connectivity index (χ2v) is 12.5. The van der Waals surface area contributed by atoms with Crippen LogP contribution < -0.4 is 9.62 Å². The highest BCUT2D eigenvalue weighted by Gasteiger charge is 2.48. The summed E-state index contributed by atoms with van der Waals surface area (Å²) >= 11 is 0. The molecular weight excluding hydrogens is 432 g/mol. The van der Waals surface area contributed by atoms with Crippen molar-refractivity contribution in [3.63, 3.8) is 0 Å². The maximum atomic E-state index is 13.0. The summed E-state index contributed by atoms with van der Waals surface area (Å²) in [6.45, 7) is 3.57. The van der Waals surface area contributed by atoms with Crippen molar-refractivity contribution in [1.29, 1.82) is 0 Å². The monoisotopic (exact) mass is 466 g/mol. The molecule has 4 aliphatic carbocycles. The Morgan fingerprint density at radius 3 is 1.97 bits per heavy atom. The first-order valence-corrected chi connectivity index (χ1v) is 14.0. The third-order valence-electron chi connectivity index (χ3n) is 8.17. The predicted molar refractivity (Wildman–Crippen MR) is 133 cm³/mol. The van der Waals surface area contributed by atoms with Crippen LogP contribution in [0.3, 0.4) is 0 Å². The van der Waals surface area contributed by atoms with E-state index in [4.69, 9.17) is 0 Å². The number of hydrogen-bond donors (Lipinski definition) is 1. The molecule has 33 heavy (non-hydrogen) atoms. The van der Waals surface area contributed by atoms with Gasteiger partial charge in [-0.1, -0.05) is 29.8 Å². The SMILES string of the molecule is Cc1ccc(N([C@@H](C)C(=O)Nc2ccc(C3C4CC5CC(C4)CC3C5)cc2)S(C)(=O)=O)cc1. The largest absolute Gasteiger partial charge is 0.324 e. The van der Waals surface area contributed by atoms with Crippen molar-refractivity contribution in [3.05, 3.63) is 59.7 Å². The first kappa shape index (κ1) is 22.5. The summed E-state index contributed by atoms with van der Waals surface area (Å²) in [7, 11) is -3.63. The second-order valence-electron chi connectivity index (χ2n) is 10.6. The van der Waals surface area contributed by atoms with Gasteiger partial charge in [-0.3, -0.25) is 9.10 Å². The van der Waals surface area contributed by atoms with Gasteiger partial charge in [-0.25, -0.2) is 8.42 Å². The zero-order valence-corrected chi connectivity index (χ0v) is 20.5. The van der Waals surface area contributed by atoms with Crippen LogP contribution in [-0.4, -0.2) is 26.6 Å². The number of anilines is 2. The molecule has 4 aliphatic rings. The molecule has 4 bridgehead atoms. The number of aryl methyl sites for hydroxylation is 1. The van der Waals surface area contributed by atoms with Gasteiger partial charge >= 0.3 is 0 Å². The molecule has 0 radical (unpaired) electrons. The third kappa shape index (κ3) is 4.42. The van der Waals surface area contributed by atoms with E-state index in [1.54, 1.807) is 19.1 Å². The summed E-state index contributed by atoms with van der Waals surface area (Å²) in [5.41, 5.74) is 3.62. The summed E-state index contributed by atoms with van der Waals surface area (Å²) in [6, 6.07) is 14.6. The fourth-order valence-electron chi connectivity index (χ4n) is 7.01. The van der Waals surface area contributed by atoms with Crippen molar-refractivity contribution in [2.24, 2.45) is 23.7 Å². The summed E-state index contributed by atoms with van der Waals surface area (Å²) < 4.78 is 26.2. The minimum atomic E-state index is -3.63. The van der Waals surface area contributed by atoms with Gasteiger partial charge in [0.2, 0.25) is 15.9 Å². The highest BCUT2D eigenvalue weighted by Crippen LogP contribution is 2.59. The average molecular weight is 467 g/mol. The first-order valence-electron chi connectivity index (χ1n) is 12.2. The van der Waals surface area contributed by atoms with Crippen LogP contribution in [0.25, 0.3) is 0 Å². The van der Waals surface area contributed by atoms with Gasteiger partial charge in [0.1, 0.15) is 6.04 Å². The third-order valence-corrected chi connectivity index (χ3v) is 9.41. The lowest BCUT2D eigenvalue weighted by Gasteiger charge is -2.54. The van der Waals surface area contributed by atoms with Gasteiger partial charge in [0, 0.05) is 5.69 Å². The van der Waals surface area contributed by atoms with Gasteiger partial charge < -0.3 is 5.32 Å². The first-order chi connectivity index (χ1) is 15.7. The van der Waals surface area contributed by atoms with E-state index in [-0.39, 0.29) is 5.91 Å². The van der Waals surface area contributed by atoms with Gasteiger partial charge in [0.15, 0.2) is 0 Å². The van der Waals surface area contributed by atoms with E-state index >= 15 is 0 Å². The predicted octanol–water partition coefficient (Wildman–Crippen LogP) is 5.33. The summed E-state index contributed by atoms with van der Waals surface area (Å²) in [5, 5.41) is 2.93. The Hall–Kier alpha value is -2.34. The highest BCUT2D eigenvalue weighted by atomic mass is 32.2. The molecule has 176 valence electrons. The van der Waals surface area contributed by atoms with Crippen molar-refractivity contribution in [3.8, 4) is 0 Å². The zero-order valence-electron chi connectivity index (χ0n) is 19.7. The Morgan fingerprint density at radius 1 is 0.909 bits per heavy atom. The molecule has 4 saturated carbocycles. The lowest BCUT2D eigenvalue weighted by molar-refractivity contribution is -0.116. The molecule has 0 aromatic heterocycles. The number of hydrogen-bond acceptors (Lipinski definition) is 3. The molecule has 4 fully saturated rings. The number of nitrogens with one attached hydrogen (secondary N) is 1. The van der Waals surface area contributed by atoms with Crippen molar-refractivity contribution in [1.82, 2.24) is 0 Å². The molecular formula is C27H34N2O3S. The van der Waals surface area contributed by atoms with E-state index in [1.807, 2.05) is 31.2 Å². The molecule has 0 unspecified atom stereocenters. The molecule has 0 heterocycles. The Balaban J connectivity index is 1.30. The number of carbonyl (C=O) groups is 1. The maximum absolute atomic E-state index is 13.0. The van der Waals surface area contributed by atoms with Gasteiger partial charge in [0.05, 0.1) is 11.9 Å². The molecule has 1 N–H and O–H groups in total. The average Bonchev–Trinajstić information content (AvgIpc) is 2.74. The van der Waals surface area contributed by atoms with Crippen LogP contribution in [0.15, 0.2) is 48.5 Å². The highest BCUT2D eigenvalue weighted by molar-refractivity contribution is 7.92. The van der Waals surface area contributed by atoms with Crippen molar-refractivity contribution < 1.29 is 13.2 Å². The van der Waals surface area contributed by atoms with Crippen LogP contribution in [0, 0.1) is 30.6 Å². The van der Waals surface area contributed by atoms with Gasteiger partial charge in [-0.2, -0.15) is 0 Å². The molecule has 0 saturated heterocycles. The fourth-order valence-corrected chi connectivity index (χ4v) is 8.18. The van der Waals surface area contributed by atoms with E-state index in [0.29, 0.717) is 17.3 Å². The molecule has 6 heteroatoms. The Labute approximate surface area is 197 Å². The second kappa shape index (κ2) is 8.46. The molecule has 5 nitrogen and oxygen atoms in total. The van der Waals surface area contributed by atoms with E-state index < -0.39 is 16.1 Å². The quantitative estimate of drug-likeness (QED) is 0.626. The van der Waals surface area contributed by atoms with E-state index in [9.17, 15) is 13.2 Å². The number of sulfonamides is 1. The van der Waals surface area contributed by atoms with Crippen LogP contribution >= 0.6 is 0 Å². The van der Waals surface area contributed by atoms with Crippen LogP contribution in [0.4, 0.5) is 11.4 Å². The molecule has 0 aliphatic heterocycles. The van der Waals surface area contributed by atoms with Crippen LogP contribution in [-0.2, 0) is 14.8 Å². The number of nitrogens with zero attached hydrogens (tertiary/aromatic N) is 1. The number of carbonyl (C=O) groups excluding carboxylic acids is 1. The molecule has 2 aromatic rings. The molecule has 2 aromatic carbocycles. The lowest BCUT2D eigenvalue weighted by atomic mass is 9.51. The minimum absolute atomic E-state index is 0.344. The minimum Gasteiger partial charge on any atom is -0.324 e. The van der Waals surface area contributed by atoms with Crippen molar-refractivity contribution in [2.75, 3.05) is 15.9 Å². The number of rotatable bonds is 6.